The number of hydrogen-bond donors (Lipinski definition) is 0. The Morgan fingerprint density at radius 2 is 1.85 bits per heavy atom. The maximum absolute atomic E-state index is 11.6. The van der Waals surface area contributed by atoms with Crippen LogP contribution in [0.5, 0.6) is 0 Å². The molecule has 78 valence electrons. The van der Waals surface area contributed by atoms with Crippen molar-refractivity contribution in [1.82, 2.24) is 0 Å². The van der Waals surface area contributed by atoms with Gasteiger partial charge in [-0.05, 0) is 18.8 Å². The van der Waals surface area contributed by atoms with Crippen molar-refractivity contribution in [1.29, 1.82) is 0 Å². The van der Waals surface area contributed by atoms with E-state index in [2.05, 4.69) is 27.7 Å². The van der Waals surface area contributed by atoms with Crippen LogP contribution in [0.25, 0.3) is 0 Å². The second kappa shape index (κ2) is 5.25. The molecule has 0 aromatic carbocycles. The minimum atomic E-state index is -0.0446. The summed E-state index contributed by atoms with van der Waals surface area (Å²) in [6.07, 6.45) is 1.95. The summed E-state index contributed by atoms with van der Waals surface area (Å²) in [5, 5.41) is 0. The third-order valence-corrected chi connectivity index (χ3v) is 2.19. The smallest absolute Gasteiger partial charge is 0.309 e. The first-order valence-electron chi connectivity index (χ1n) is 5.10. The molecule has 0 aliphatic carbocycles. The van der Waals surface area contributed by atoms with E-state index in [9.17, 15) is 4.79 Å². The van der Waals surface area contributed by atoms with Crippen molar-refractivity contribution < 1.29 is 9.53 Å². The van der Waals surface area contributed by atoms with E-state index < -0.39 is 0 Å². The highest BCUT2D eigenvalue weighted by molar-refractivity contribution is 5.73. The van der Waals surface area contributed by atoms with Crippen LogP contribution in [0, 0.1) is 11.3 Å². The molecule has 1 atom stereocenters. The molecule has 0 N–H and O–H groups in total. The Labute approximate surface area is 81.7 Å². The molecule has 0 saturated carbocycles. The van der Waals surface area contributed by atoms with Crippen LogP contribution in [0.4, 0.5) is 0 Å². The topological polar surface area (TPSA) is 26.3 Å². The Hall–Kier alpha value is -0.530. The Morgan fingerprint density at radius 1 is 1.31 bits per heavy atom. The first-order valence-corrected chi connectivity index (χ1v) is 5.10. The molecule has 1 unspecified atom stereocenters. The second-order valence-corrected chi connectivity index (χ2v) is 4.46. The molecule has 0 heterocycles. The molecule has 0 bridgehead atoms. The fourth-order valence-corrected chi connectivity index (χ4v) is 1.44. The summed E-state index contributed by atoms with van der Waals surface area (Å²) in [4.78, 5) is 11.6. The molecule has 0 rings (SSSR count). The summed E-state index contributed by atoms with van der Waals surface area (Å²) < 4.78 is 5.04. The zero-order valence-corrected chi connectivity index (χ0v) is 9.52. The van der Waals surface area contributed by atoms with Crippen LogP contribution < -0.4 is 0 Å². The van der Waals surface area contributed by atoms with E-state index in [1.165, 1.54) is 0 Å². The molecular weight excluding hydrogens is 164 g/mol. The normalized spacial score (nSPS) is 13.9. The summed E-state index contributed by atoms with van der Waals surface area (Å²) in [7, 11) is 0. The van der Waals surface area contributed by atoms with Crippen molar-refractivity contribution >= 4 is 5.97 Å². The van der Waals surface area contributed by atoms with Gasteiger partial charge in [-0.15, -0.1) is 0 Å². The lowest BCUT2D eigenvalue weighted by atomic mass is 9.78. The minimum absolute atomic E-state index is 0.0161. The van der Waals surface area contributed by atoms with E-state index in [1.54, 1.807) is 0 Å². The van der Waals surface area contributed by atoms with Crippen molar-refractivity contribution in [3.8, 4) is 0 Å². The average molecular weight is 186 g/mol. The van der Waals surface area contributed by atoms with Gasteiger partial charge in [0.05, 0.1) is 12.5 Å². The van der Waals surface area contributed by atoms with Crippen molar-refractivity contribution in [2.75, 3.05) is 6.61 Å². The molecule has 0 aromatic heterocycles. The third kappa shape index (κ3) is 4.30. The first kappa shape index (κ1) is 12.5. The van der Waals surface area contributed by atoms with E-state index in [4.69, 9.17) is 4.74 Å². The van der Waals surface area contributed by atoms with Crippen molar-refractivity contribution in [2.24, 2.45) is 11.3 Å². The monoisotopic (exact) mass is 186 g/mol. The van der Waals surface area contributed by atoms with Crippen LogP contribution in [0.1, 0.15) is 47.5 Å². The number of esters is 1. The maximum atomic E-state index is 11.6. The van der Waals surface area contributed by atoms with Crippen LogP contribution in [-0.4, -0.2) is 12.6 Å². The van der Waals surface area contributed by atoms with Crippen molar-refractivity contribution in [2.45, 2.75) is 47.5 Å². The molecule has 2 nitrogen and oxygen atoms in total. The standard InChI is InChI=1S/C11H22O2/c1-6-8-9(11(3,4)5)10(12)13-7-2/h9H,6-8H2,1-5H3. The molecule has 13 heavy (non-hydrogen) atoms. The number of carbonyl (C=O) groups is 1. The number of hydrogen-bond acceptors (Lipinski definition) is 2. The van der Waals surface area contributed by atoms with Gasteiger partial charge < -0.3 is 4.74 Å². The van der Waals surface area contributed by atoms with Crippen molar-refractivity contribution in [3.05, 3.63) is 0 Å². The van der Waals surface area contributed by atoms with Crippen LogP contribution >= 0.6 is 0 Å². The fourth-order valence-electron chi connectivity index (χ4n) is 1.44. The molecule has 0 aliphatic heterocycles. The molecule has 0 saturated heterocycles. The Kier molecular flexibility index (Phi) is 5.04. The van der Waals surface area contributed by atoms with Gasteiger partial charge in [0.2, 0.25) is 0 Å². The van der Waals surface area contributed by atoms with E-state index >= 15 is 0 Å². The van der Waals surface area contributed by atoms with E-state index in [1.807, 2.05) is 6.92 Å². The van der Waals surface area contributed by atoms with Crippen molar-refractivity contribution in [3.63, 3.8) is 0 Å². The average Bonchev–Trinajstić information content (AvgIpc) is 1.98. The fraction of sp³-hybridized carbons (Fsp3) is 0.909. The predicted molar refractivity (Wildman–Crippen MR) is 54.5 cm³/mol. The van der Waals surface area contributed by atoms with Gasteiger partial charge in [0.15, 0.2) is 0 Å². The minimum Gasteiger partial charge on any atom is -0.466 e. The van der Waals surface area contributed by atoms with E-state index in [0.717, 1.165) is 12.8 Å². The van der Waals surface area contributed by atoms with Gasteiger partial charge in [-0.25, -0.2) is 0 Å². The molecule has 2 heteroatoms. The summed E-state index contributed by atoms with van der Waals surface area (Å²) in [5.41, 5.74) is 0.0161. The molecule has 0 radical (unpaired) electrons. The summed E-state index contributed by atoms with van der Waals surface area (Å²) in [5.74, 6) is -0.00528. The van der Waals surface area contributed by atoms with Crippen LogP contribution in [0.3, 0.4) is 0 Å². The quantitative estimate of drug-likeness (QED) is 0.631. The lowest BCUT2D eigenvalue weighted by Gasteiger charge is -2.28. The highest BCUT2D eigenvalue weighted by atomic mass is 16.5. The lowest BCUT2D eigenvalue weighted by Crippen LogP contribution is -2.30. The first-order chi connectivity index (χ1) is 5.93. The Balaban J connectivity index is 4.33. The summed E-state index contributed by atoms with van der Waals surface area (Å²) in [6.45, 7) is 10.7. The summed E-state index contributed by atoms with van der Waals surface area (Å²) in [6, 6.07) is 0. The molecule has 0 aliphatic rings. The van der Waals surface area contributed by atoms with Crippen LogP contribution in [0.2, 0.25) is 0 Å². The Bertz CT molecular complexity index is 156. The number of ether oxygens (including phenoxy) is 1. The van der Waals surface area contributed by atoms with Gasteiger partial charge in [0.25, 0.3) is 0 Å². The molecule has 0 aromatic rings. The zero-order chi connectivity index (χ0) is 10.5. The molecule has 0 spiro atoms. The van der Waals surface area contributed by atoms with Gasteiger partial charge in [0, 0.05) is 0 Å². The molecule has 0 amide bonds. The number of rotatable bonds is 4. The molecule has 0 fully saturated rings. The lowest BCUT2D eigenvalue weighted by molar-refractivity contribution is -0.152. The van der Waals surface area contributed by atoms with Gasteiger partial charge in [-0.2, -0.15) is 0 Å². The van der Waals surface area contributed by atoms with Gasteiger partial charge in [-0.3, -0.25) is 4.79 Å². The Morgan fingerprint density at radius 3 is 2.15 bits per heavy atom. The summed E-state index contributed by atoms with van der Waals surface area (Å²) >= 11 is 0. The maximum Gasteiger partial charge on any atom is 0.309 e. The van der Waals surface area contributed by atoms with E-state index in [0.29, 0.717) is 6.61 Å². The predicted octanol–water partition coefficient (Wildman–Crippen LogP) is 3.01. The highest BCUT2D eigenvalue weighted by Gasteiger charge is 2.31. The van der Waals surface area contributed by atoms with Gasteiger partial charge in [0.1, 0.15) is 0 Å². The largest absolute Gasteiger partial charge is 0.466 e. The highest BCUT2D eigenvalue weighted by Crippen LogP contribution is 2.30. The number of carbonyl (C=O) groups excluding carboxylic acids is 1. The second-order valence-electron chi connectivity index (χ2n) is 4.46. The van der Waals surface area contributed by atoms with E-state index in [-0.39, 0.29) is 17.3 Å². The zero-order valence-electron chi connectivity index (χ0n) is 9.52. The van der Waals surface area contributed by atoms with Crippen LogP contribution in [-0.2, 0) is 9.53 Å². The third-order valence-electron chi connectivity index (χ3n) is 2.19. The van der Waals surface area contributed by atoms with Crippen LogP contribution in [0.15, 0.2) is 0 Å². The molecular formula is C11H22O2. The SMILES string of the molecule is CCCC(C(=O)OCC)C(C)(C)C. The van der Waals surface area contributed by atoms with Gasteiger partial charge in [-0.1, -0.05) is 34.1 Å². The van der Waals surface area contributed by atoms with Gasteiger partial charge >= 0.3 is 5.97 Å².